The molecule has 0 N–H and O–H groups in total. The average molecular weight is 343 g/mol. The lowest BCUT2D eigenvalue weighted by atomic mass is 10.2. The molecular formula is C17H15F2N5O. The number of hydrogen-bond acceptors (Lipinski definition) is 4. The van der Waals surface area contributed by atoms with Gasteiger partial charge in [-0.15, -0.1) is 0 Å². The fourth-order valence-electron chi connectivity index (χ4n) is 2.39. The Kier molecular flexibility index (Phi) is 4.78. The molecule has 0 aliphatic carbocycles. The van der Waals surface area contributed by atoms with E-state index in [1.54, 1.807) is 31.3 Å². The van der Waals surface area contributed by atoms with Crippen molar-refractivity contribution < 1.29 is 13.6 Å². The van der Waals surface area contributed by atoms with Crippen LogP contribution in [0.1, 0.15) is 18.7 Å². The minimum Gasteiger partial charge on any atom is -0.302 e. The highest BCUT2D eigenvalue weighted by Crippen LogP contribution is 2.24. The van der Waals surface area contributed by atoms with E-state index in [4.69, 9.17) is 0 Å². The van der Waals surface area contributed by atoms with E-state index in [1.807, 2.05) is 0 Å². The standard InChI is InChI=1S/C17H15F2N5O/c1-12(24-11-20-10-22-24)17(25)23(9-14-4-2-3-7-21-14)16-6-5-13(18)8-15(16)19/h2-8,10-12H,9H2,1H3. The number of benzene rings is 1. The van der Waals surface area contributed by atoms with Crippen molar-refractivity contribution in [1.29, 1.82) is 0 Å². The molecule has 0 fully saturated rings. The van der Waals surface area contributed by atoms with Crippen LogP contribution in [0.4, 0.5) is 14.5 Å². The highest BCUT2D eigenvalue weighted by molar-refractivity contribution is 5.95. The van der Waals surface area contributed by atoms with Crippen molar-refractivity contribution in [2.75, 3.05) is 4.90 Å². The number of pyridine rings is 1. The number of hydrogen-bond donors (Lipinski definition) is 0. The second kappa shape index (κ2) is 7.16. The summed E-state index contributed by atoms with van der Waals surface area (Å²) in [4.78, 5) is 22.1. The molecule has 3 aromatic rings. The summed E-state index contributed by atoms with van der Waals surface area (Å²) in [5.74, 6) is -1.95. The first-order valence-corrected chi connectivity index (χ1v) is 7.56. The van der Waals surface area contributed by atoms with Gasteiger partial charge in [0.1, 0.15) is 30.3 Å². The maximum atomic E-state index is 14.3. The lowest BCUT2D eigenvalue weighted by Gasteiger charge is -2.26. The van der Waals surface area contributed by atoms with Crippen LogP contribution in [-0.4, -0.2) is 25.7 Å². The predicted molar refractivity (Wildman–Crippen MR) is 86.5 cm³/mol. The van der Waals surface area contributed by atoms with Crippen molar-refractivity contribution in [2.24, 2.45) is 0 Å². The highest BCUT2D eigenvalue weighted by Gasteiger charge is 2.26. The Morgan fingerprint density at radius 2 is 2.12 bits per heavy atom. The summed E-state index contributed by atoms with van der Waals surface area (Å²) in [6.45, 7) is 1.67. The zero-order valence-corrected chi connectivity index (χ0v) is 13.4. The van der Waals surface area contributed by atoms with Gasteiger partial charge in [-0.05, 0) is 31.2 Å². The second-order valence-corrected chi connectivity index (χ2v) is 5.39. The van der Waals surface area contributed by atoms with Gasteiger partial charge in [0.2, 0.25) is 0 Å². The average Bonchev–Trinajstić information content (AvgIpc) is 3.14. The maximum Gasteiger partial charge on any atom is 0.252 e. The van der Waals surface area contributed by atoms with E-state index in [9.17, 15) is 13.6 Å². The molecule has 0 spiro atoms. The van der Waals surface area contributed by atoms with Gasteiger partial charge in [-0.2, -0.15) is 5.10 Å². The molecule has 1 aromatic carbocycles. The summed E-state index contributed by atoms with van der Waals surface area (Å²) in [5, 5.41) is 3.95. The van der Waals surface area contributed by atoms with Crippen molar-refractivity contribution in [3.05, 3.63) is 72.6 Å². The number of anilines is 1. The molecule has 1 unspecified atom stereocenters. The molecule has 2 aromatic heterocycles. The number of amides is 1. The van der Waals surface area contributed by atoms with Gasteiger partial charge in [-0.3, -0.25) is 9.78 Å². The monoisotopic (exact) mass is 343 g/mol. The molecule has 1 amide bonds. The van der Waals surface area contributed by atoms with Gasteiger partial charge >= 0.3 is 0 Å². The van der Waals surface area contributed by atoms with Gasteiger partial charge < -0.3 is 4.90 Å². The van der Waals surface area contributed by atoms with Crippen LogP contribution in [0.3, 0.4) is 0 Å². The Morgan fingerprint density at radius 3 is 2.76 bits per heavy atom. The molecule has 128 valence electrons. The van der Waals surface area contributed by atoms with E-state index in [-0.39, 0.29) is 12.2 Å². The van der Waals surface area contributed by atoms with Crippen LogP contribution in [-0.2, 0) is 11.3 Å². The number of rotatable bonds is 5. The third-order valence-electron chi connectivity index (χ3n) is 3.70. The Balaban J connectivity index is 1.97. The van der Waals surface area contributed by atoms with Crippen LogP contribution in [0.15, 0.2) is 55.2 Å². The van der Waals surface area contributed by atoms with E-state index < -0.39 is 23.6 Å². The molecule has 0 saturated heterocycles. The smallest absolute Gasteiger partial charge is 0.252 e. The Bertz CT molecular complexity index is 855. The summed E-state index contributed by atoms with van der Waals surface area (Å²) < 4.78 is 28.9. The van der Waals surface area contributed by atoms with Crippen LogP contribution in [0, 0.1) is 11.6 Å². The summed E-state index contributed by atoms with van der Waals surface area (Å²) in [6, 6.07) is 7.61. The topological polar surface area (TPSA) is 63.9 Å². The first-order chi connectivity index (χ1) is 12.1. The number of nitrogens with zero attached hydrogens (tertiary/aromatic N) is 5. The molecular weight excluding hydrogens is 328 g/mol. The van der Waals surface area contributed by atoms with Crippen LogP contribution >= 0.6 is 0 Å². The molecule has 3 rings (SSSR count). The molecule has 8 heteroatoms. The number of halogens is 2. The molecule has 0 bridgehead atoms. The van der Waals surface area contributed by atoms with Gasteiger partial charge in [0.25, 0.3) is 5.91 Å². The number of carbonyl (C=O) groups is 1. The fourth-order valence-corrected chi connectivity index (χ4v) is 2.39. The molecule has 25 heavy (non-hydrogen) atoms. The maximum absolute atomic E-state index is 14.3. The molecule has 0 aliphatic heterocycles. The first-order valence-electron chi connectivity index (χ1n) is 7.56. The van der Waals surface area contributed by atoms with Crippen molar-refractivity contribution in [2.45, 2.75) is 19.5 Å². The van der Waals surface area contributed by atoms with Gasteiger partial charge in [-0.1, -0.05) is 6.07 Å². The van der Waals surface area contributed by atoms with Crippen LogP contribution in [0.25, 0.3) is 0 Å². The summed E-state index contributed by atoms with van der Waals surface area (Å²) in [7, 11) is 0. The minimum absolute atomic E-state index is 0.0241. The molecule has 1 atom stereocenters. The molecule has 6 nitrogen and oxygen atoms in total. The van der Waals surface area contributed by atoms with E-state index >= 15 is 0 Å². The predicted octanol–water partition coefficient (Wildman–Crippen LogP) is 2.75. The Hall–Kier alpha value is -3.16. The number of carbonyl (C=O) groups excluding carboxylic acids is 1. The van der Waals surface area contributed by atoms with Crippen molar-refractivity contribution in [1.82, 2.24) is 19.7 Å². The molecule has 2 heterocycles. The minimum atomic E-state index is -0.824. The van der Waals surface area contributed by atoms with E-state index in [0.29, 0.717) is 5.69 Å². The third kappa shape index (κ3) is 3.68. The SMILES string of the molecule is CC(C(=O)N(Cc1ccccn1)c1ccc(F)cc1F)n1cncn1. The van der Waals surface area contributed by atoms with E-state index in [1.165, 1.54) is 28.3 Å². The quantitative estimate of drug-likeness (QED) is 0.715. The van der Waals surface area contributed by atoms with Gasteiger partial charge in [0, 0.05) is 12.3 Å². The lowest BCUT2D eigenvalue weighted by molar-refractivity contribution is -0.121. The third-order valence-corrected chi connectivity index (χ3v) is 3.70. The van der Waals surface area contributed by atoms with E-state index in [2.05, 4.69) is 15.1 Å². The highest BCUT2D eigenvalue weighted by atomic mass is 19.1. The molecule has 0 radical (unpaired) electrons. The first kappa shape index (κ1) is 16.7. The van der Waals surface area contributed by atoms with Gasteiger partial charge in [0.05, 0.1) is 17.9 Å². The van der Waals surface area contributed by atoms with Gasteiger partial charge in [-0.25, -0.2) is 18.4 Å². The molecule has 0 aliphatic rings. The fraction of sp³-hybridized carbons (Fsp3) is 0.176. The van der Waals surface area contributed by atoms with E-state index in [0.717, 1.165) is 12.1 Å². The zero-order valence-electron chi connectivity index (χ0n) is 13.4. The van der Waals surface area contributed by atoms with Crippen LogP contribution in [0.5, 0.6) is 0 Å². The van der Waals surface area contributed by atoms with Crippen molar-refractivity contribution >= 4 is 11.6 Å². The summed E-state index contributed by atoms with van der Waals surface area (Å²) >= 11 is 0. The van der Waals surface area contributed by atoms with Crippen LogP contribution < -0.4 is 4.90 Å². The largest absolute Gasteiger partial charge is 0.302 e. The summed E-state index contributed by atoms with van der Waals surface area (Å²) in [5.41, 5.74) is 0.550. The number of aromatic nitrogens is 4. The van der Waals surface area contributed by atoms with Gasteiger partial charge in [0.15, 0.2) is 0 Å². The normalized spacial score (nSPS) is 12.0. The van der Waals surface area contributed by atoms with Crippen molar-refractivity contribution in [3.8, 4) is 0 Å². The lowest BCUT2D eigenvalue weighted by Crippen LogP contribution is -2.37. The van der Waals surface area contributed by atoms with Crippen molar-refractivity contribution in [3.63, 3.8) is 0 Å². The Morgan fingerprint density at radius 1 is 1.28 bits per heavy atom. The second-order valence-electron chi connectivity index (χ2n) is 5.39. The molecule has 0 saturated carbocycles. The Labute approximate surface area is 142 Å². The van der Waals surface area contributed by atoms with Crippen LogP contribution in [0.2, 0.25) is 0 Å². The zero-order chi connectivity index (χ0) is 17.8. The summed E-state index contributed by atoms with van der Waals surface area (Å²) in [6.07, 6.45) is 4.30.